The summed E-state index contributed by atoms with van der Waals surface area (Å²) in [5.41, 5.74) is 5.99. The number of Topliss-reactive ketones (excluding diaryl/α,β-unsaturated/α-hetero) is 1. The second-order valence-corrected chi connectivity index (χ2v) is 9.60. The molecule has 38 heavy (non-hydrogen) atoms. The van der Waals surface area contributed by atoms with Crippen LogP contribution < -0.4 is 20.1 Å². The van der Waals surface area contributed by atoms with Crippen LogP contribution in [0.4, 0.5) is 10.1 Å². The maximum atomic E-state index is 14.3. The molecule has 3 aromatic rings. The largest absolute Gasteiger partial charge is 0.493 e. The Hall–Kier alpha value is -4.35. The number of hydrogen-bond acceptors (Lipinski definition) is 6. The number of ether oxygens (including phenoxy) is 2. The van der Waals surface area contributed by atoms with E-state index in [4.69, 9.17) is 26.8 Å². The average molecular weight is 532 g/mol. The van der Waals surface area contributed by atoms with Crippen LogP contribution in [0.2, 0.25) is 5.02 Å². The summed E-state index contributed by atoms with van der Waals surface area (Å²) in [6.07, 6.45) is 3.29. The Kier molecular flexibility index (Phi) is 6.33. The number of hydrogen-bond donors (Lipinski definition) is 1. The third-order valence-corrected chi connectivity index (χ3v) is 7.61. The number of ketones is 1. The zero-order chi connectivity index (χ0) is 27.2. The molecule has 0 spiro atoms. The Morgan fingerprint density at radius 2 is 1.76 bits per heavy atom. The van der Waals surface area contributed by atoms with E-state index >= 15 is 0 Å². The predicted molar refractivity (Wildman–Crippen MR) is 141 cm³/mol. The van der Waals surface area contributed by atoms with Gasteiger partial charge < -0.3 is 20.1 Å². The van der Waals surface area contributed by atoms with Crippen molar-refractivity contribution in [2.45, 2.75) is 18.0 Å². The van der Waals surface area contributed by atoms with Crippen molar-refractivity contribution in [3.05, 3.63) is 94.3 Å². The first-order valence-corrected chi connectivity index (χ1v) is 12.1. The van der Waals surface area contributed by atoms with Crippen molar-refractivity contribution < 1.29 is 23.5 Å². The van der Waals surface area contributed by atoms with Crippen LogP contribution >= 0.6 is 11.6 Å². The molecule has 2 aliphatic rings. The van der Waals surface area contributed by atoms with Gasteiger partial charge in [-0.3, -0.25) is 9.59 Å². The van der Waals surface area contributed by atoms with Gasteiger partial charge in [0, 0.05) is 27.8 Å². The summed E-state index contributed by atoms with van der Waals surface area (Å²) in [5, 5.41) is 11.1. The van der Waals surface area contributed by atoms with E-state index in [0.29, 0.717) is 38.9 Å². The second kappa shape index (κ2) is 9.51. The van der Waals surface area contributed by atoms with Gasteiger partial charge in [0.15, 0.2) is 22.7 Å². The lowest BCUT2D eigenvalue weighted by Gasteiger charge is -2.36. The van der Waals surface area contributed by atoms with Crippen LogP contribution in [0.15, 0.2) is 66.7 Å². The van der Waals surface area contributed by atoms with Gasteiger partial charge in [0.05, 0.1) is 26.3 Å². The van der Waals surface area contributed by atoms with Crippen LogP contribution in [0, 0.1) is 22.6 Å². The van der Waals surface area contributed by atoms with E-state index in [0.717, 1.165) is 0 Å². The molecule has 1 fully saturated rings. The molecule has 0 bridgehead atoms. The van der Waals surface area contributed by atoms with Gasteiger partial charge in [-0.2, -0.15) is 5.26 Å². The highest BCUT2D eigenvalue weighted by atomic mass is 35.5. The normalized spacial score (nSPS) is 23.2. The minimum atomic E-state index is -1.85. The van der Waals surface area contributed by atoms with E-state index in [1.807, 2.05) is 0 Å². The van der Waals surface area contributed by atoms with Crippen molar-refractivity contribution in [1.82, 2.24) is 0 Å². The van der Waals surface area contributed by atoms with Gasteiger partial charge in [0.1, 0.15) is 11.9 Å². The van der Waals surface area contributed by atoms with Crippen molar-refractivity contribution in [2.75, 3.05) is 19.1 Å². The van der Waals surface area contributed by atoms with E-state index in [-0.39, 0.29) is 5.78 Å². The Balaban J connectivity index is 1.81. The van der Waals surface area contributed by atoms with E-state index in [1.165, 1.54) is 26.4 Å². The minimum absolute atomic E-state index is 0.333. The SMILES string of the molecule is COc1ccc([C@@H]2[C@H](C(=O)c3ccc(Cl)cc3)N3c4ccc(F)cc4C=C[C@@H]3[C@]2(C#N)C(N)=O)cc1OC. The lowest BCUT2D eigenvalue weighted by molar-refractivity contribution is -0.125. The van der Waals surface area contributed by atoms with Gasteiger partial charge >= 0.3 is 0 Å². The summed E-state index contributed by atoms with van der Waals surface area (Å²) < 4.78 is 25.0. The first-order valence-electron chi connectivity index (χ1n) is 11.8. The summed E-state index contributed by atoms with van der Waals surface area (Å²) in [5.74, 6) is -1.90. The van der Waals surface area contributed by atoms with Crippen molar-refractivity contribution in [1.29, 1.82) is 5.26 Å². The summed E-state index contributed by atoms with van der Waals surface area (Å²) in [7, 11) is 2.96. The number of rotatable bonds is 6. The number of nitriles is 1. The predicted octanol–water partition coefficient (Wildman–Crippen LogP) is 4.74. The summed E-state index contributed by atoms with van der Waals surface area (Å²) in [6.45, 7) is 0. The lowest BCUT2D eigenvalue weighted by Crippen LogP contribution is -2.49. The van der Waals surface area contributed by atoms with E-state index in [1.54, 1.807) is 65.6 Å². The maximum Gasteiger partial charge on any atom is 0.241 e. The first kappa shape index (κ1) is 25.3. The molecular formula is C29H23ClFN3O4. The number of fused-ring (bicyclic) bond motifs is 3. The van der Waals surface area contributed by atoms with Crippen molar-refractivity contribution >= 4 is 35.1 Å². The molecule has 0 aliphatic carbocycles. The average Bonchev–Trinajstić information content (AvgIpc) is 3.24. The van der Waals surface area contributed by atoms with Crippen LogP contribution in [-0.2, 0) is 4.79 Å². The number of amides is 1. The number of methoxy groups -OCH3 is 2. The van der Waals surface area contributed by atoms with Crippen LogP contribution in [0.25, 0.3) is 6.08 Å². The molecular weight excluding hydrogens is 509 g/mol. The Morgan fingerprint density at radius 1 is 1.05 bits per heavy atom. The number of halogens is 2. The summed E-state index contributed by atoms with van der Waals surface area (Å²) >= 11 is 6.07. The molecule has 2 heterocycles. The molecule has 3 aromatic carbocycles. The summed E-state index contributed by atoms with van der Waals surface area (Å²) in [6, 6.07) is 15.8. The van der Waals surface area contributed by atoms with E-state index in [9.17, 15) is 19.2 Å². The van der Waals surface area contributed by atoms with Crippen molar-refractivity contribution in [3.63, 3.8) is 0 Å². The fourth-order valence-electron chi connectivity index (χ4n) is 5.66. The maximum absolute atomic E-state index is 14.3. The first-order chi connectivity index (χ1) is 18.3. The smallest absolute Gasteiger partial charge is 0.241 e. The Morgan fingerprint density at radius 3 is 2.39 bits per heavy atom. The number of benzene rings is 3. The molecule has 0 radical (unpaired) electrons. The van der Waals surface area contributed by atoms with Gasteiger partial charge in [-0.1, -0.05) is 29.8 Å². The molecule has 1 amide bonds. The second-order valence-electron chi connectivity index (χ2n) is 9.17. The lowest BCUT2D eigenvalue weighted by atomic mass is 9.67. The van der Waals surface area contributed by atoms with Crippen LogP contribution in [0.1, 0.15) is 27.4 Å². The Labute approximate surface area is 223 Å². The monoisotopic (exact) mass is 531 g/mol. The molecule has 1 saturated heterocycles. The van der Waals surface area contributed by atoms with Crippen LogP contribution in [0.3, 0.4) is 0 Å². The third-order valence-electron chi connectivity index (χ3n) is 7.35. The highest BCUT2D eigenvalue weighted by molar-refractivity contribution is 6.30. The highest BCUT2D eigenvalue weighted by Crippen LogP contribution is 2.56. The highest BCUT2D eigenvalue weighted by Gasteiger charge is 2.66. The number of carbonyl (C=O) groups excluding carboxylic acids is 2. The molecule has 7 nitrogen and oxygen atoms in total. The van der Waals surface area contributed by atoms with Crippen LogP contribution in [-0.4, -0.2) is 38.0 Å². The van der Waals surface area contributed by atoms with Crippen molar-refractivity contribution in [2.24, 2.45) is 11.1 Å². The molecule has 0 unspecified atom stereocenters. The molecule has 5 rings (SSSR count). The Bertz CT molecular complexity index is 1520. The quantitative estimate of drug-likeness (QED) is 0.460. The molecule has 2 aliphatic heterocycles. The fraction of sp³-hybridized carbons (Fsp3) is 0.207. The zero-order valence-electron chi connectivity index (χ0n) is 20.5. The molecule has 2 N–H and O–H groups in total. The zero-order valence-corrected chi connectivity index (χ0v) is 21.3. The van der Waals surface area contributed by atoms with Gasteiger partial charge in [-0.15, -0.1) is 0 Å². The number of primary amides is 1. The number of nitrogens with zero attached hydrogens (tertiary/aromatic N) is 2. The van der Waals surface area contributed by atoms with Gasteiger partial charge in [-0.25, -0.2) is 4.39 Å². The topological polar surface area (TPSA) is 106 Å². The molecule has 0 saturated carbocycles. The minimum Gasteiger partial charge on any atom is -0.493 e. The van der Waals surface area contributed by atoms with Crippen molar-refractivity contribution in [3.8, 4) is 17.6 Å². The van der Waals surface area contributed by atoms with E-state index < -0.39 is 35.1 Å². The van der Waals surface area contributed by atoms with Gasteiger partial charge in [-0.05, 0) is 60.2 Å². The van der Waals surface area contributed by atoms with E-state index in [2.05, 4.69) is 6.07 Å². The third kappa shape index (κ3) is 3.70. The summed E-state index contributed by atoms with van der Waals surface area (Å²) in [4.78, 5) is 29.3. The van der Waals surface area contributed by atoms with Gasteiger partial charge in [0.25, 0.3) is 0 Å². The number of carbonyl (C=O) groups is 2. The molecule has 4 atom stereocenters. The fourth-order valence-corrected chi connectivity index (χ4v) is 5.79. The van der Waals surface area contributed by atoms with Gasteiger partial charge in [0.2, 0.25) is 5.91 Å². The standard InChI is InChI=1S/C29H23ClFN3O4/c1-37-22-11-5-18(14-23(22)38-2)25-26(27(35)16-3-7-19(30)8-4-16)34-21-10-9-20(31)13-17(21)6-12-24(34)29(25,15-32)28(33)36/h3-14,24-26H,1-2H3,(H2,33,36)/t24-,25-,26-,29+/m1/s1. The molecule has 9 heteroatoms. The van der Waals surface area contributed by atoms with Crippen LogP contribution in [0.5, 0.6) is 11.5 Å². The molecule has 192 valence electrons. The molecule has 0 aromatic heterocycles. The number of anilines is 1. The number of nitrogens with two attached hydrogens (primary N) is 1.